The lowest BCUT2D eigenvalue weighted by Crippen LogP contribution is -2.26. The van der Waals surface area contributed by atoms with Crippen LogP contribution in [0, 0.1) is 6.92 Å². The van der Waals surface area contributed by atoms with Gasteiger partial charge in [0.25, 0.3) is 5.91 Å². The SMILES string of the molecule is Cc1nn(C)c2ncc(C(=O)N(C)Cc3ccncc3)cc12. The van der Waals surface area contributed by atoms with Crippen molar-refractivity contribution >= 4 is 16.9 Å². The predicted molar refractivity (Wildman–Crippen MR) is 83.3 cm³/mol. The Balaban J connectivity index is 1.87. The number of hydrogen-bond donors (Lipinski definition) is 0. The van der Waals surface area contributed by atoms with Gasteiger partial charge in [-0.15, -0.1) is 0 Å². The average molecular weight is 295 g/mol. The van der Waals surface area contributed by atoms with Crippen LogP contribution in [0.5, 0.6) is 0 Å². The number of aromatic nitrogens is 4. The third-order valence-corrected chi connectivity index (χ3v) is 3.63. The number of fused-ring (bicyclic) bond motifs is 1. The molecule has 0 aliphatic heterocycles. The molecule has 0 N–H and O–H groups in total. The van der Waals surface area contributed by atoms with Gasteiger partial charge in [-0.2, -0.15) is 5.10 Å². The maximum atomic E-state index is 12.6. The van der Waals surface area contributed by atoms with Gasteiger partial charge < -0.3 is 4.90 Å². The maximum Gasteiger partial charge on any atom is 0.255 e. The summed E-state index contributed by atoms with van der Waals surface area (Å²) in [6.45, 7) is 2.45. The molecule has 0 aromatic carbocycles. The van der Waals surface area contributed by atoms with Gasteiger partial charge >= 0.3 is 0 Å². The molecule has 6 nitrogen and oxygen atoms in total. The Morgan fingerprint density at radius 2 is 2.05 bits per heavy atom. The minimum absolute atomic E-state index is 0.0607. The van der Waals surface area contributed by atoms with Crippen LogP contribution in [0.4, 0.5) is 0 Å². The fourth-order valence-corrected chi connectivity index (χ4v) is 2.48. The molecule has 6 heteroatoms. The second-order valence-electron chi connectivity index (χ2n) is 5.32. The monoisotopic (exact) mass is 295 g/mol. The van der Waals surface area contributed by atoms with Gasteiger partial charge in [-0.1, -0.05) is 0 Å². The third-order valence-electron chi connectivity index (χ3n) is 3.63. The molecule has 0 fully saturated rings. The lowest BCUT2D eigenvalue weighted by atomic mass is 10.2. The first-order chi connectivity index (χ1) is 10.6. The summed E-state index contributed by atoms with van der Waals surface area (Å²) >= 11 is 0. The zero-order valence-corrected chi connectivity index (χ0v) is 12.8. The smallest absolute Gasteiger partial charge is 0.255 e. The van der Waals surface area contributed by atoms with E-state index < -0.39 is 0 Å². The van der Waals surface area contributed by atoms with Crippen molar-refractivity contribution < 1.29 is 4.79 Å². The van der Waals surface area contributed by atoms with E-state index in [0.717, 1.165) is 22.3 Å². The standard InChI is InChI=1S/C16H17N5O/c1-11-14-8-13(9-18-15(14)21(3)19-11)16(22)20(2)10-12-4-6-17-7-5-12/h4-9H,10H2,1-3H3. The Labute approximate surface area is 128 Å². The zero-order valence-electron chi connectivity index (χ0n) is 12.8. The van der Waals surface area contributed by atoms with Gasteiger partial charge in [0.2, 0.25) is 0 Å². The van der Waals surface area contributed by atoms with Crippen LogP contribution >= 0.6 is 0 Å². The van der Waals surface area contributed by atoms with Crippen molar-refractivity contribution in [1.29, 1.82) is 0 Å². The molecular weight excluding hydrogens is 278 g/mol. The summed E-state index contributed by atoms with van der Waals surface area (Å²) in [5, 5.41) is 5.23. The zero-order chi connectivity index (χ0) is 15.7. The van der Waals surface area contributed by atoms with E-state index in [1.54, 1.807) is 35.2 Å². The van der Waals surface area contributed by atoms with E-state index in [4.69, 9.17) is 0 Å². The molecule has 0 aliphatic rings. The number of carbonyl (C=O) groups excluding carboxylic acids is 1. The first-order valence-electron chi connectivity index (χ1n) is 7.00. The van der Waals surface area contributed by atoms with Crippen molar-refractivity contribution in [2.45, 2.75) is 13.5 Å². The Bertz CT molecular complexity index is 825. The van der Waals surface area contributed by atoms with E-state index >= 15 is 0 Å². The lowest BCUT2D eigenvalue weighted by molar-refractivity contribution is 0.0785. The molecule has 3 rings (SSSR count). The fourth-order valence-electron chi connectivity index (χ4n) is 2.48. The maximum absolute atomic E-state index is 12.6. The summed E-state index contributed by atoms with van der Waals surface area (Å²) in [6, 6.07) is 5.66. The van der Waals surface area contributed by atoms with Crippen LogP contribution in [0.1, 0.15) is 21.6 Å². The number of amides is 1. The number of hydrogen-bond acceptors (Lipinski definition) is 4. The van der Waals surface area contributed by atoms with Gasteiger partial charge in [0.15, 0.2) is 5.65 Å². The highest BCUT2D eigenvalue weighted by Crippen LogP contribution is 2.17. The normalized spacial score (nSPS) is 10.9. The van der Waals surface area contributed by atoms with Crippen molar-refractivity contribution in [3.8, 4) is 0 Å². The van der Waals surface area contributed by atoms with E-state index in [2.05, 4.69) is 15.1 Å². The number of carbonyl (C=O) groups is 1. The second-order valence-corrected chi connectivity index (χ2v) is 5.32. The molecule has 3 heterocycles. The van der Waals surface area contributed by atoms with Crippen LogP contribution in [-0.2, 0) is 13.6 Å². The van der Waals surface area contributed by atoms with Crippen LogP contribution in [0.2, 0.25) is 0 Å². The molecule has 0 atom stereocenters. The largest absolute Gasteiger partial charge is 0.337 e. The molecule has 112 valence electrons. The summed E-state index contributed by atoms with van der Waals surface area (Å²) in [7, 11) is 3.63. The first kappa shape index (κ1) is 14.2. The highest BCUT2D eigenvalue weighted by Gasteiger charge is 2.15. The Hall–Kier alpha value is -2.76. The molecule has 0 saturated heterocycles. The van der Waals surface area contributed by atoms with Crippen molar-refractivity contribution in [1.82, 2.24) is 24.6 Å². The topological polar surface area (TPSA) is 63.9 Å². The lowest BCUT2D eigenvalue weighted by Gasteiger charge is -2.17. The van der Waals surface area contributed by atoms with Crippen LogP contribution < -0.4 is 0 Å². The minimum Gasteiger partial charge on any atom is -0.337 e. The molecule has 0 aliphatic carbocycles. The predicted octanol–water partition coefficient (Wildman–Crippen LogP) is 1.94. The minimum atomic E-state index is -0.0607. The molecule has 0 unspecified atom stereocenters. The molecule has 3 aromatic heterocycles. The van der Waals surface area contributed by atoms with E-state index in [1.807, 2.05) is 32.2 Å². The van der Waals surface area contributed by atoms with Crippen LogP contribution in [0.15, 0.2) is 36.8 Å². The summed E-state index contributed by atoms with van der Waals surface area (Å²) < 4.78 is 1.72. The fraction of sp³-hybridized carbons (Fsp3) is 0.250. The molecule has 22 heavy (non-hydrogen) atoms. The van der Waals surface area contributed by atoms with Gasteiger partial charge in [0, 0.05) is 44.6 Å². The van der Waals surface area contributed by atoms with Crippen LogP contribution in [-0.4, -0.2) is 37.6 Å². The van der Waals surface area contributed by atoms with Crippen molar-refractivity contribution in [3.05, 3.63) is 53.6 Å². The van der Waals surface area contributed by atoms with Gasteiger partial charge in [-0.05, 0) is 30.7 Å². The molecule has 3 aromatic rings. The number of pyridine rings is 2. The highest BCUT2D eigenvalue weighted by molar-refractivity contribution is 5.97. The second kappa shape index (κ2) is 5.55. The Morgan fingerprint density at radius 1 is 1.32 bits per heavy atom. The molecule has 0 radical (unpaired) electrons. The highest BCUT2D eigenvalue weighted by atomic mass is 16.2. The molecule has 0 saturated carbocycles. The van der Waals surface area contributed by atoms with E-state index in [0.29, 0.717) is 12.1 Å². The summed E-state index contributed by atoms with van der Waals surface area (Å²) in [5.74, 6) is -0.0607. The Kier molecular flexibility index (Phi) is 3.58. The number of aryl methyl sites for hydroxylation is 2. The summed E-state index contributed by atoms with van der Waals surface area (Å²) in [6.07, 6.45) is 5.05. The average Bonchev–Trinajstić information content (AvgIpc) is 2.82. The quantitative estimate of drug-likeness (QED) is 0.741. The van der Waals surface area contributed by atoms with Gasteiger partial charge in [0.05, 0.1) is 11.3 Å². The van der Waals surface area contributed by atoms with Gasteiger partial charge in [0.1, 0.15) is 0 Å². The number of nitrogens with zero attached hydrogens (tertiary/aromatic N) is 5. The van der Waals surface area contributed by atoms with Crippen LogP contribution in [0.3, 0.4) is 0 Å². The summed E-state index contributed by atoms with van der Waals surface area (Å²) in [5.41, 5.74) is 3.26. The van der Waals surface area contributed by atoms with Gasteiger partial charge in [-0.3, -0.25) is 14.5 Å². The summed E-state index contributed by atoms with van der Waals surface area (Å²) in [4.78, 5) is 22.6. The molecule has 1 amide bonds. The molecule has 0 spiro atoms. The van der Waals surface area contributed by atoms with Crippen molar-refractivity contribution in [2.24, 2.45) is 7.05 Å². The van der Waals surface area contributed by atoms with E-state index in [1.165, 1.54) is 0 Å². The van der Waals surface area contributed by atoms with Crippen LogP contribution in [0.25, 0.3) is 11.0 Å². The molecule has 0 bridgehead atoms. The van der Waals surface area contributed by atoms with E-state index in [-0.39, 0.29) is 5.91 Å². The number of rotatable bonds is 3. The van der Waals surface area contributed by atoms with E-state index in [9.17, 15) is 4.79 Å². The third kappa shape index (κ3) is 2.55. The van der Waals surface area contributed by atoms with Crippen molar-refractivity contribution in [3.63, 3.8) is 0 Å². The molecular formula is C16H17N5O. The van der Waals surface area contributed by atoms with Gasteiger partial charge in [-0.25, -0.2) is 4.98 Å². The first-order valence-corrected chi connectivity index (χ1v) is 7.00. The van der Waals surface area contributed by atoms with Crippen molar-refractivity contribution in [2.75, 3.05) is 7.05 Å². The Morgan fingerprint density at radius 3 is 2.77 bits per heavy atom.